The molecule has 0 N–H and O–H groups in total. The van der Waals surface area contributed by atoms with Crippen molar-refractivity contribution in [2.75, 3.05) is 0 Å². The molecule has 0 bridgehead atoms. The smallest absolute Gasteiger partial charge is 0.123 e. The summed E-state index contributed by atoms with van der Waals surface area (Å²) in [7, 11) is 0. The molecular weight excluding hydrogens is 739 g/mol. The molecule has 1 spiro atoms. The molecule has 0 radical (unpaired) electrons. The van der Waals surface area contributed by atoms with Crippen LogP contribution in [0.2, 0.25) is 0 Å². The molecule has 10 aliphatic rings. The van der Waals surface area contributed by atoms with E-state index >= 15 is 0 Å². The molecule has 14 unspecified atom stereocenters. The standard InChI is InChI=1S/C59H75NO/c1-36-41(29-30-46-47(58(60-36)37-15-3-2-4-16-37)31-32-56-57(46)48-22-10-14-26-55(48)61-56)50-34-39-18-6-5-17-38(39)33-49(50)40-27-28-45-44-21-9-13-25-53(44)59(54(45)35-40)51-23-11-7-19-42(51)43-20-8-12-24-52(43)59/h2-4,15-16,27-28,31-32,35-36,38-39,41-44,48-53,55H,5-14,17-26,29-30,33-34H2,1H3/b60-58-. The highest BCUT2D eigenvalue weighted by molar-refractivity contribution is 6.14. The third kappa shape index (κ3) is 5.93. The molecule has 2 heterocycles. The Bertz CT molecular complexity index is 2130. The molecule has 0 aromatic heterocycles. The van der Waals surface area contributed by atoms with Gasteiger partial charge in [-0.05, 0) is 190 Å². The minimum Gasteiger partial charge on any atom is -0.489 e. The predicted molar refractivity (Wildman–Crippen MR) is 250 cm³/mol. The van der Waals surface area contributed by atoms with Crippen LogP contribution in [0.5, 0.6) is 5.75 Å². The summed E-state index contributed by atoms with van der Waals surface area (Å²) in [5.74, 6) is 11.2. The zero-order chi connectivity index (χ0) is 40.2. The summed E-state index contributed by atoms with van der Waals surface area (Å²) < 4.78 is 6.83. The van der Waals surface area contributed by atoms with Crippen molar-refractivity contribution in [3.63, 3.8) is 0 Å². The molecule has 322 valence electrons. The molecule has 2 nitrogen and oxygen atoms in total. The molecule has 0 saturated heterocycles. The van der Waals surface area contributed by atoms with Gasteiger partial charge in [0.05, 0.1) is 11.8 Å². The van der Waals surface area contributed by atoms with Crippen molar-refractivity contribution >= 4 is 5.71 Å². The van der Waals surface area contributed by atoms with Gasteiger partial charge in [-0.2, -0.15) is 0 Å². The van der Waals surface area contributed by atoms with Gasteiger partial charge < -0.3 is 4.74 Å². The largest absolute Gasteiger partial charge is 0.489 e. The lowest BCUT2D eigenvalue weighted by atomic mass is 9.55. The van der Waals surface area contributed by atoms with Crippen molar-refractivity contribution in [3.8, 4) is 5.75 Å². The molecule has 61 heavy (non-hydrogen) atoms. The Balaban J connectivity index is 0.932. The van der Waals surface area contributed by atoms with Gasteiger partial charge in [-0.15, -0.1) is 0 Å². The Morgan fingerprint density at radius 1 is 0.557 bits per heavy atom. The molecule has 13 rings (SSSR count). The zero-order valence-corrected chi connectivity index (χ0v) is 37.7. The fraction of sp³-hybridized carbons (Fsp3) is 0.678. The van der Waals surface area contributed by atoms with E-state index in [0.29, 0.717) is 41.2 Å². The highest BCUT2D eigenvalue weighted by Crippen LogP contribution is 2.73. The maximum Gasteiger partial charge on any atom is 0.123 e. The summed E-state index contributed by atoms with van der Waals surface area (Å²) in [6.45, 7) is 2.55. The molecule has 2 heteroatoms. The average molecular weight is 814 g/mol. The first-order chi connectivity index (χ1) is 30.2. The van der Waals surface area contributed by atoms with Crippen LogP contribution in [-0.4, -0.2) is 17.9 Å². The van der Waals surface area contributed by atoms with Gasteiger partial charge in [0.25, 0.3) is 0 Å². The van der Waals surface area contributed by atoms with Gasteiger partial charge in [0.2, 0.25) is 0 Å². The van der Waals surface area contributed by atoms with Crippen LogP contribution in [0, 0.1) is 53.3 Å². The minimum absolute atomic E-state index is 0.299. The van der Waals surface area contributed by atoms with Crippen molar-refractivity contribution in [3.05, 3.63) is 99.6 Å². The summed E-state index contributed by atoms with van der Waals surface area (Å²) in [5.41, 5.74) is 13.2. The van der Waals surface area contributed by atoms with E-state index in [0.717, 1.165) is 47.3 Å². The van der Waals surface area contributed by atoms with Gasteiger partial charge >= 0.3 is 0 Å². The molecule has 8 aliphatic carbocycles. The molecule has 7 saturated carbocycles. The van der Waals surface area contributed by atoms with Crippen LogP contribution in [0.15, 0.2) is 65.7 Å². The third-order valence-corrected chi connectivity index (χ3v) is 21.1. The first-order valence-electron chi connectivity index (χ1n) is 26.8. The van der Waals surface area contributed by atoms with Crippen molar-refractivity contribution in [1.82, 2.24) is 0 Å². The SMILES string of the molecule is CC1/N=C(/c2ccccc2)c2ccc3c(c2CCC1C1CC2CCCCC2CC1c1ccc2c(c1)C1(C4CCCCC24)C2CCCCC2C2CCCCC21)C1CCCCC1O3. The monoisotopic (exact) mass is 814 g/mol. The Kier molecular flexibility index (Phi) is 9.74. The lowest BCUT2D eigenvalue weighted by Gasteiger charge is -2.49. The van der Waals surface area contributed by atoms with Gasteiger partial charge in [0, 0.05) is 28.0 Å². The molecule has 3 aromatic carbocycles. The molecule has 7 fully saturated rings. The normalized spacial score (nSPS) is 43.1. The van der Waals surface area contributed by atoms with Crippen molar-refractivity contribution in [2.24, 2.45) is 58.3 Å². The van der Waals surface area contributed by atoms with Gasteiger partial charge in [-0.1, -0.05) is 119 Å². The Morgan fingerprint density at radius 3 is 2.02 bits per heavy atom. The first kappa shape index (κ1) is 38.6. The zero-order valence-electron chi connectivity index (χ0n) is 37.7. The lowest BCUT2D eigenvalue weighted by molar-refractivity contribution is 0.0678. The van der Waals surface area contributed by atoms with E-state index in [1.54, 1.807) is 29.5 Å². The maximum absolute atomic E-state index is 6.83. The maximum atomic E-state index is 6.83. The number of nitrogens with zero attached hydrogens (tertiary/aromatic N) is 1. The van der Waals surface area contributed by atoms with Gasteiger partial charge in [0.15, 0.2) is 0 Å². The van der Waals surface area contributed by atoms with Gasteiger partial charge in [-0.25, -0.2) is 0 Å². The minimum atomic E-state index is 0.299. The van der Waals surface area contributed by atoms with Crippen LogP contribution in [-0.2, 0) is 11.8 Å². The van der Waals surface area contributed by atoms with E-state index in [4.69, 9.17) is 9.73 Å². The van der Waals surface area contributed by atoms with Crippen molar-refractivity contribution in [2.45, 2.75) is 196 Å². The number of aliphatic imine (C=N–C) groups is 1. The van der Waals surface area contributed by atoms with Gasteiger partial charge in [0.1, 0.15) is 11.9 Å². The Hall–Kier alpha value is -2.87. The van der Waals surface area contributed by atoms with E-state index in [1.165, 1.54) is 164 Å². The van der Waals surface area contributed by atoms with Crippen LogP contribution < -0.4 is 4.74 Å². The van der Waals surface area contributed by atoms with E-state index < -0.39 is 0 Å². The number of hydrogen-bond acceptors (Lipinski definition) is 2. The highest BCUT2D eigenvalue weighted by Gasteiger charge is 2.67. The average Bonchev–Trinajstić information content (AvgIpc) is 3.94. The lowest BCUT2D eigenvalue weighted by Crippen LogP contribution is -2.45. The predicted octanol–water partition coefficient (Wildman–Crippen LogP) is 15.0. The van der Waals surface area contributed by atoms with E-state index in [2.05, 4.69) is 67.6 Å². The van der Waals surface area contributed by atoms with E-state index in [1.807, 2.05) is 11.1 Å². The second-order valence-corrected chi connectivity index (χ2v) is 23.3. The summed E-state index contributed by atoms with van der Waals surface area (Å²) >= 11 is 0. The first-order valence-corrected chi connectivity index (χ1v) is 26.8. The van der Waals surface area contributed by atoms with Crippen molar-refractivity contribution in [1.29, 1.82) is 0 Å². The van der Waals surface area contributed by atoms with Crippen LogP contribution in [0.25, 0.3) is 0 Å². The number of ether oxygens (including phenoxy) is 1. The molecule has 0 amide bonds. The summed E-state index contributed by atoms with van der Waals surface area (Å²) in [6.07, 6.45) is 34.7. The summed E-state index contributed by atoms with van der Waals surface area (Å²) in [6, 6.07) is 25.0. The Morgan fingerprint density at radius 2 is 1.23 bits per heavy atom. The number of benzene rings is 3. The fourth-order valence-electron chi connectivity index (χ4n) is 19.0. The molecule has 3 aromatic rings. The quantitative estimate of drug-likeness (QED) is 0.258. The molecular formula is C59H75NO. The second kappa shape index (κ2) is 15.4. The van der Waals surface area contributed by atoms with Crippen molar-refractivity contribution < 1.29 is 4.74 Å². The number of fused-ring (bicyclic) bond motifs is 16. The number of hydrogen-bond donors (Lipinski definition) is 0. The van der Waals surface area contributed by atoms with Crippen LogP contribution in [0.4, 0.5) is 0 Å². The topological polar surface area (TPSA) is 21.6 Å². The summed E-state index contributed by atoms with van der Waals surface area (Å²) in [4.78, 5) is 6.00. The van der Waals surface area contributed by atoms with Crippen LogP contribution in [0.1, 0.15) is 211 Å². The highest BCUT2D eigenvalue weighted by atomic mass is 16.5. The van der Waals surface area contributed by atoms with Crippen LogP contribution >= 0.6 is 0 Å². The summed E-state index contributed by atoms with van der Waals surface area (Å²) in [5, 5.41) is 0. The number of rotatable bonds is 3. The Labute approximate surface area is 368 Å². The molecule has 14 atom stereocenters. The van der Waals surface area contributed by atoms with Gasteiger partial charge in [-0.3, -0.25) is 4.99 Å². The molecule has 2 aliphatic heterocycles. The van der Waals surface area contributed by atoms with E-state index in [-0.39, 0.29) is 0 Å². The third-order valence-electron chi connectivity index (χ3n) is 21.1. The second-order valence-electron chi connectivity index (χ2n) is 23.3. The fourth-order valence-corrected chi connectivity index (χ4v) is 19.0. The van der Waals surface area contributed by atoms with Crippen LogP contribution in [0.3, 0.4) is 0 Å². The van der Waals surface area contributed by atoms with E-state index in [9.17, 15) is 0 Å².